The predicted octanol–water partition coefficient (Wildman–Crippen LogP) is 2.09. The van der Waals surface area contributed by atoms with Gasteiger partial charge in [-0.2, -0.15) is 0 Å². The molecule has 1 N–H and O–H groups in total. The van der Waals surface area contributed by atoms with Crippen LogP contribution in [0.25, 0.3) is 0 Å². The van der Waals surface area contributed by atoms with Gasteiger partial charge < -0.3 is 4.74 Å². The molecule has 0 amide bonds. The van der Waals surface area contributed by atoms with Gasteiger partial charge in [0.1, 0.15) is 5.75 Å². The molecule has 0 aromatic heterocycles. The van der Waals surface area contributed by atoms with Crippen LogP contribution in [0, 0.1) is 0 Å². The van der Waals surface area contributed by atoms with Gasteiger partial charge in [-0.25, -0.2) is 13.1 Å². The summed E-state index contributed by atoms with van der Waals surface area (Å²) in [7, 11) is -1.57. The van der Waals surface area contributed by atoms with Gasteiger partial charge in [0.25, 0.3) is 0 Å². The summed E-state index contributed by atoms with van der Waals surface area (Å²) in [5.41, 5.74) is 0.949. The second-order valence-electron chi connectivity index (χ2n) is 3.76. The zero-order valence-electron chi connectivity index (χ0n) is 10.4. The van der Waals surface area contributed by atoms with Crippen LogP contribution in [-0.4, -0.2) is 21.3 Å². The number of hydrogen-bond donors (Lipinski definition) is 1. The van der Waals surface area contributed by atoms with Crippen molar-refractivity contribution in [3.8, 4) is 5.75 Å². The summed E-state index contributed by atoms with van der Waals surface area (Å²) < 4.78 is 30.8. The molecule has 96 valence electrons. The highest BCUT2D eigenvalue weighted by Gasteiger charge is 2.16. The SMILES string of the molecule is CCC(NS(=O)(=O)CC)c1ccc(OC)cc1. The molecule has 0 aliphatic heterocycles. The van der Waals surface area contributed by atoms with E-state index >= 15 is 0 Å². The third-order valence-electron chi connectivity index (χ3n) is 2.63. The van der Waals surface area contributed by atoms with Crippen molar-refractivity contribution in [2.45, 2.75) is 26.3 Å². The minimum absolute atomic E-state index is 0.0969. The lowest BCUT2D eigenvalue weighted by molar-refractivity contribution is 0.414. The molecule has 0 radical (unpaired) electrons. The van der Waals surface area contributed by atoms with E-state index in [2.05, 4.69) is 4.72 Å². The van der Waals surface area contributed by atoms with Gasteiger partial charge in [-0.05, 0) is 31.0 Å². The molecular formula is C12H19NO3S. The zero-order valence-corrected chi connectivity index (χ0v) is 11.3. The first-order chi connectivity index (χ1) is 8.02. The zero-order chi connectivity index (χ0) is 12.9. The maximum atomic E-state index is 11.5. The van der Waals surface area contributed by atoms with E-state index in [-0.39, 0.29) is 11.8 Å². The fourth-order valence-corrected chi connectivity index (χ4v) is 2.43. The van der Waals surface area contributed by atoms with Crippen LogP contribution < -0.4 is 9.46 Å². The Kier molecular flexibility index (Phi) is 4.96. The standard InChI is InChI=1S/C12H19NO3S/c1-4-12(13-17(14,15)5-2)10-6-8-11(16-3)9-7-10/h6-9,12-13H,4-5H2,1-3H3. The van der Waals surface area contributed by atoms with E-state index < -0.39 is 10.0 Å². The molecule has 1 aromatic rings. The molecule has 0 spiro atoms. The number of benzene rings is 1. The number of methoxy groups -OCH3 is 1. The number of nitrogens with one attached hydrogen (secondary N) is 1. The van der Waals surface area contributed by atoms with E-state index in [9.17, 15) is 8.42 Å². The summed E-state index contributed by atoms with van der Waals surface area (Å²) in [6.45, 7) is 3.58. The Labute approximate surface area is 103 Å². The van der Waals surface area contributed by atoms with Gasteiger partial charge in [0, 0.05) is 6.04 Å². The van der Waals surface area contributed by atoms with E-state index in [1.54, 1.807) is 14.0 Å². The van der Waals surface area contributed by atoms with E-state index in [0.717, 1.165) is 11.3 Å². The Morgan fingerprint density at radius 3 is 2.24 bits per heavy atom. The molecular weight excluding hydrogens is 238 g/mol. The fourth-order valence-electron chi connectivity index (χ4n) is 1.52. The lowest BCUT2D eigenvalue weighted by Crippen LogP contribution is -2.29. The van der Waals surface area contributed by atoms with Gasteiger partial charge in [-0.1, -0.05) is 19.1 Å². The molecule has 0 heterocycles. The molecule has 0 saturated heterocycles. The highest BCUT2D eigenvalue weighted by Crippen LogP contribution is 2.20. The summed E-state index contributed by atoms with van der Waals surface area (Å²) in [6, 6.07) is 7.25. The van der Waals surface area contributed by atoms with Gasteiger partial charge in [-0.3, -0.25) is 0 Å². The smallest absolute Gasteiger partial charge is 0.211 e. The topological polar surface area (TPSA) is 55.4 Å². The van der Waals surface area contributed by atoms with Crippen molar-refractivity contribution in [3.05, 3.63) is 29.8 Å². The summed E-state index contributed by atoms with van der Waals surface area (Å²) in [4.78, 5) is 0. The number of rotatable bonds is 6. The van der Waals surface area contributed by atoms with E-state index in [1.807, 2.05) is 31.2 Å². The third kappa shape index (κ3) is 4.02. The van der Waals surface area contributed by atoms with Gasteiger partial charge in [-0.15, -0.1) is 0 Å². The van der Waals surface area contributed by atoms with Gasteiger partial charge in [0.15, 0.2) is 0 Å². The average Bonchev–Trinajstić information content (AvgIpc) is 2.36. The normalized spacial score (nSPS) is 13.4. The molecule has 17 heavy (non-hydrogen) atoms. The summed E-state index contributed by atoms with van der Waals surface area (Å²) in [6.07, 6.45) is 0.714. The van der Waals surface area contributed by atoms with Crippen molar-refractivity contribution in [1.82, 2.24) is 4.72 Å². The van der Waals surface area contributed by atoms with Gasteiger partial charge in [0.2, 0.25) is 10.0 Å². The van der Waals surface area contributed by atoms with Gasteiger partial charge >= 0.3 is 0 Å². The minimum Gasteiger partial charge on any atom is -0.497 e. The first-order valence-electron chi connectivity index (χ1n) is 5.66. The molecule has 0 bridgehead atoms. The second-order valence-corrected chi connectivity index (χ2v) is 5.80. The first kappa shape index (κ1) is 14.0. The molecule has 5 heteroatoms. The number of hydrogen-bond acceptors (Lipinski definition) is 3. The van der Waals surface area contributed by atoms with Crippen LogP contribution in [-0.2, 0) is 10.0 Å². The summed E-state index contributed by atoms with van der Waals surface area (Å²) >= 11 is 0. The Balaban J connectivity index is 2.86. The first-order valence-corrected chi connectivity index (χ1v) is 7.31. The maximum Gasteiger partial charge on any atom is 0.211 e. The summed E-state index contributed by atoms with van der Waals surface area (Å²) in [5, 5.41) is 0. The van der Waals surface area contributed by atoms with Crippen LogP contribution in [0.2, 0.25) is 0 Å². The molecule has 0 fully saturated rings. The molecule has 0 aliphatic carbocycles. The van der Waals surface area contributed by atoms with Crippen LogP contribution in [0.15, 0.2) is 24.3 Å². The number of sulfonamides is 1. The van der Waals surface area contributed by atoms with Crippen molar-refractivity contribution in [2.24, 2.45) is 0 Å². The van der Waals surface area contributed by atoms with E-state index in [4.69, 9.17) is 4.74 Å². The van der Waals surface area contributed by atoms with Crippen molar-refractivity contribution in [1.29, 1.82) is 0 Å². The Morgan fingerprint density at radius 1 is 1.24 bits per heavy atom. The number of ether oxygens (including phenoxy) is 1. The van der Waals surface area contributed by atoms with Crippen LogP contribution >= 0.6 is 0 Å². The molecule has 1 unspecified atom stereocenters. The third-order valence-corrected chi connectivity index (χ3v) is 4.03. The largest absolute Gasteiger partial charge is 0.497 e. The van der Waals surface area contributed by atoms with Crippen molar-refractivity contribution in [3.63, 3.8) is 0 Å². The predicted molar refractivity (Wildman–Crippen MR) is 68.6 cm³/mol. The second kappa shape index (κ2) is 6.02. The highest BCUT2D eigenvalue weighted by molar-refractivity contribution is 7.89. The Bertz CT molecular complexity index is 439. The quantitative estimate of drug-likeness (QED) is 0.849. The molecule has 1 atom stereocenters. The van der Waals surface area contributed by atoms with E-state index in [1.165, 1.54) is 0 Å². The molecule has 0 aliphatic rings. The van der Waals surface area contributed by atoms with Gasteiger partial charge in [0.05, 0.1) is 12.9 Å². The van der Waals surface area contributed by atoms with Crippen LogP contribution in [0.3, 0.4) is 0 Å². The van der Waals surface area contributed by atoms with Crippen molar-refractivity contribution < 1.29 is 13.2 Å². The lowest BCUT2D eigenvalue weighted by Gasteiger charge is -2.17. The monoisotopic (exact) mass is 257 g/mol. The van der Waals surface area contributed by atoms with Crippen LogP contribution in [0.4, 0.5) is 0 Å². The molecule has 0 saturated carbocycles. The molecule has 1 rings (SSSR count). The molecule has 4 nitrogen and oxygen atoms in total. The fraction of sp³-hybridized carbons (Fsp3) is 0.500. The average molecular weight is 257 g/mol. The molecule has 1 aromatic carbocycles. The highest BCUT2D eigenvalue weighted by atomic mass is 32.2. The maximum absolute atomic E-state index is 11.5. The minimum atomic E-state index is -3.18. The Morgan fingerprint density at radius 2 is 1.82 bits per heavy atom. The Hall–Kier alpha value is -1.07. The van der Waals surface area contributed by atoms with Crippen molar-refractivity contribution >= 4 is 10.0 Å². The van der Waals surface area contributed by atoms with Crippen LogP contribution in [0.5, 0.6) is 5.75 Å². The summed E-state index contributed by atoms with van der Waals surface area (Å²) in [5.74, 6) is 0.863. The van der Waals surface area contributed by atoms with Crippen LogP contribution in [0.1, 0.15) is 31.9 Å². The van der Waals surface area contributed by atoms with E-state index in [0.29, 0.717) is 6.42 Å². The lowest BCUT2D eigenvalue weighted by atomic mass is 10.1. The van der Waals surface area contributed by atoms with Crippen molar-refractivity contribution in [2.75, 3.05) is 12.9 Å².